The highest BCUT2D eigenvalue weighted by Gasteiger charge is 2.20. The molecule has 0 spiro atoms. The number of hydrazine groups is 1. The van der Waals surface area contributed by atoms with Gasteiger partial charge >= 0.3 is 5.97 Å². The summed E-state index contributed by atoms with van der Waals surface area (Å²) in [4.78, 5) is 37.3. The van der Waals surface area contributed by atoms with Gasteiger partial charge in [-0.3, -0.25) is 15.0 Å². The lowest BCUT2D eigenvalue weighted by atomic mass is 10.1. The first kappa shape index (κ1) is 33.2. The van der Waals surface area contributed by atoms with Gasteiger partial charge in [-0.1, -0.05) is 24.6 Å². The number of rotatable bonds is 16. The van der Waals surface area contributed by atoms with Gasteiger partial charge in [0.2, 0.25) is 11.7 Å². The van der Waals surface area contributed by atoms with Crippen molar-refractivity contribution in [2.75, 3.05) is 35.0 Å². The van der Waals surface area contributed by atoms with Gasteiger partial charge in [-0.15, -0.1) is 0 Å². The minimum atomic E-state index is -0.637. The molecule has 12 heteroatoms. The number of hydrogen-bond acceptors (Lipinski definition) is 9. The average molecular weight is 659 g/mol. The van der Waals surface area contributed by atoms with Crippen LogP contribution in [0.4, 0.5) is 0 Å². The van der Waals surface area contributed by atoms with E-state index >= 15 is 0 Å². The summed E-state index contributed by atoms with van der Waals surface area (Å²) in [6.45, 7) is 0.861. The number of esters is 1. The lowest BCUT2D eigenvalue weighted by Gasteiger charge is -2.15. The van der Waals surface area contributed by atoms with Crippen LogP contribution in [0.15, 0.2) is 59.1 Å². The molecule has 3 rings (SSSR count). The largest absolute Gasteiger partial charge is 0.493 e. The van der Waals surface area contributed by atoms with E-state index in [-0.39, 0.29) is 23.1 Å². The topological polar surface area (TPSA) is 133 Å². The van der Waals surface area contributed by atoms with Crippen LogP contribution in [0.5, 0.6) is 28.7 Å². The summed E-state index contributed by atoms with van der Waals surface area (Å²) >= 11 is 3.38. The molecule has 230 valence electrons. The smallest absolute Gasteiger partial charge is 0.343 e. The van der Waals surface area contributed by atoms with Crippen molar-refractivity contribution < 1.29 is 38.1 Å². The Morgan fingerprint density at radius 1 is 0.767 bits per heavy atom. The van der Waals surface area contributed by atoms with Gasteiger partial charge in [0.15, 0.2) is 23.0 Å². The number of methoxy groups -OCH3 is 4. The third-order valence-corrected chi connectivity index (χ3v) is 7.03. The molecule has 0 aliphatic carbocycles. The van der Waals surface area contributed by atoms with Crippen molar-refractivity contribution in [1.82, 2.24) is 16.2 Å². The number of hydrogen-bond donors (Lipinski definition) is 3. The first-order valence-electron chi connectivity index (χ1n) is 13.5. The quantitative estimate of drug-likeness (QED) is 0.0858. The number of halogens is 1. The van der Waals surface area contributed by atoms with Gasteiger partial charge in [0.1, 0.15) is 0 Å². The van der Waals surface area contributed by atoms with E-state index in [1.165, 1.54) is 40.6 Å². The summed E-state index contributed by atoms with van der Waals surface area (Å²) < 4.78 is 27.7. The third kappa shape index (κ3) is 9.62. The molecule has 0 unspecified atom stereocenters. The van der Waals surface area contributed by atoms with Crippen molar-refractivity contribution in [3.8, 4) is 28.7 Å². The second-order valence-corrected chi connectivity index (χ2v) is 10.1. The minimum Gasteiger partial charge on any atom is -0.493 e. The van der Waals surface area contributed by atoms with E-state index in [1.807, 2.05) is 18.2 Å². The molecule has 0 aromatic heterocycles. The molecule has 43 heavy (non-hydrogen) atoms. The molecule has 11 nitrogen and oxygen atoms in total. The van der Waals surface area contributed by atoms with Crippen molar-refractivity contribution in [3.05, 3.63) is 75.8 Å². The van der Waals surface area contributed by atoms with Crippen LogP contribution in [-0.4, -0.2) is 52.8 Å². The molecule has 0 radical (unpaired) electrons. The number of amides is 2. The molecular formula is C31H36BrN3O8. The van der Waals surface area contributed by atoms with Gasteiger partial charge in [-0.05, 0) is 70.7 Å². The Morgan fingerprint density at radius 3 is 2.12 bits per heavy atom. The first-order valence-corrected chi connectivity index (χ1v) is 14.3. The Kier molecular flexibility index (Phi) is 13.1. The molecule has 3 aromatic carbocycles. The number of carbonyl (C=O) groups is 3. The molecular weight excluding hydrogens is 622 g/mol. The fraction of sp³-hybridized carbons (Fsp3) is 0.323. The second-order valence-electron chi connectivity index (χ2n) is 9.24. The monoisotopic (exact) mass is 657 g/mol. The Bertz CT molecular complexity index is 1390. The van der Waals surface area contributed by atoms with Gasteiger partial charge in [0.25, 0.3) is 5.91 Å². The normalized spacial score (nSPS) is 10.4. The molecule has 0 fully saturated rings. The molecule has 0 saturated heterocycles. The average Bonchev–Trinajstić information content (AvgIpc) is 3.02. The fourth-order valence-corrected chi connectivity index (χ4v) is 4.57. The van der Waals surface area contributed by atoms with Crippen LogP contribution in [0.2, 0.25) is 0 Å². The van der Waals surface area contributed by atoms with E-state index in [0.717, 1.165) is 22.9 Å². The van der Waals surface area contributed by atoms with Crippen molar-refractivity contribution in [1.29, 1.82) is 0 Å². The van der Waals surface area contributed by atoms with Crippen LogP contribution in [0.25, 0.3) is 0 Å². The number of benzene rings is 3. The van der Waals surface area contributed by atoms with E-state index in [0.29, 0.717) is 54.5 Å². The highest BCUT2D eigenvalue weighted by Crippen LogP contribution is 2.39. The number of ether oxygens (including phenoxy) is 5. The van der Waals surface area contributed by atoms with Crippen LogP contribution in [0, 0.1) is 0 Å². The van der Waals surface area contributed by atoms with Crippen LogP contribution < -0.4 is 39.9 Å². The summed E-state index contributed by atoms with van der Waals surface area (Å²) in [6, 6.07) is 15.3. The molecule has 3 N–H and O–H groups in total. The van der Waals surface area contributed by atoms with E-state index in [4.69, 9.17) is 23.7 Å². The molecule has 0 aliphatic rings. The van der Waals surface area contributed by atoms with Crippen molar-refractivity contribution in [2.24, 2.45) is 0 Å². The lowest BCUT2D eigenvalue weighted by Crippen LogP contribution is -2.36. The number of carbonyl (C=O) groups excluding carboxylic acids is 3. The molecule has 0 heterocycles. The molecule has 0 bridgehead atoms. The zero-order valence-corrected chi connectivity index (χ0v) is 26.2. The van der Waals surface area contributed by atoms with Gasteiger partial charge in [-0.2, -0.15) is 0 Å². The van der Waals surface area contributed by atoms with Crippen molar-refractivity contribution in [3.63, 3.8) is 0 Å². The molecule has 0 aliphatic heterocycles. The molecule has 0 saturated carbocycles. The van der Waals surface area contributed by atoms with E-state index in [2.05, 4.69) is 32.1 Å². The minimum absolute atomic E-state index is 0.129. The van der Waals surface area contributed by atoms with Gasteiger partial charge < -0.3 is 29.0 Å². The number of unbranched alkanes of at least 4 members (excludes halogenated alkanes) is 2. The van der Waals surface area contributed by atoms with Crippen LogP contribution in [0.3, 0.4) is 0 Å². The first-order chi connectivity index (χ1) is 20.8. The molecule has 3 aromatic rings. The van der Waals surface area contributed by atoms with Crippen LogP contribution in [0.1, 0.15) is 52.0 Å². The second kappa shape index (κ2) is 17.0. The predicted octanol–water partition coefficient (Wildman–Crippen LogP) is 4.81. The van der Waals surface area contributed by atoms with Crippen LogP contribution in [-0.2, 0) is 11.3 Å². The van der Waals surface area contributed by atoms with E-state index < -0.39 is 5.97 Å². The summed E-state index contributed by atoms with van der Waals surface area (Å²) in [5.74, 6) is 0.675. The van der Waals surface area contributed by atoms with Crippen LogP contribution >= 0.6 is 15.9 Å². The predicted molar refractivity (Wildman–Crippen MR) is 164 cm³/mol. The maximum absolute atomic E-state index is 12.9. The van der Waals surface area contributed by atoms with E-state index in [9.17, 15) is 14.4 Å². The molecule has 2 amide bonds. The van der Waals surface area contributed by atoms with Gasteiger partial charge in [-0.25, -0.2) is 10.2 Å². The summed E-state index contributed by atoms with van der Waals surface area (Å²) in [5.41, 5.74) is 7.18. The van der Waals surface area contributed by atoms with Crippen molar-refractivity contribution in [2.45, 2.75) is 32.2 Å². The zero-order chi connectivity index (χ0) is 31.2. The lowest BCUT2D eigenvalue weighted by molar-refractivity contribution is -0.122. The zero-order valence-electron chi connectivity index (χ0n) is 24.6. The highest BCUT2D eigenvalue weighted by molar-refractivity contribution is 9.10. The summed E-state index contributed by atoms with van der Waals surface area (Å²) in [5, 5.41) is 2.89. The maximum Gasteiger partial charge on any atom is 0.343 e. The Balaban J connectivity index is 1.41. The SMILES string of the molecule is COc1cc(CNNC(=O)CCCCCNC(=O)c2ccccc2Br)ccc1OC(=O)c1cc(OC)c(OC)c(OC)c1. The third-order valence-electron chi connectivity index (χ3n) is 6.34. The summed E-state index contributed by atoms with van der Waals surface area (Å²) in [7, 11) is 5.86. The fourth-order valence-electron chi connectivity index (χ4n) is 4.10. The Hall–Kier alpha value is -4.29. The molecule has 0 atom stereocenters. The summed E-state index contributed by atoms with van der Waals surface area (Å²) in [6.07, 6.45) is 2.62. The maximum atomic E-state index is 12.9. The van der Waals surface area contributed by atoms with E-state index in [1.54, 1.807) is 24.3 Å². The standard InChI is InChI=1S/C31H36BrN3O8/c1-39-25-16-20(13-14-24(25)43-31(38)21-17-26(40-2)29(42-4)27(18-21)41-3)19-34-35-28(36)12-6-5-9-15-33-30(37)22-10-7-8-11-23(22)32/h7-8,10-11,13-14,16-18,34H,5-6,9,12,15,19H2,1-4H3,(H,33,37)(H,35,36). The highest BCUT2D eigenvalue weighted by atomic mass is 79.9. The number of nitrogens with one attached hydrogen (secondary N) is 3. The Morgan fingerprint density at radius 2 is 1.47 bits per heavy atom. The van der Waals surface area contributed by atoms with Gasteiger partial charge in [0.05, 0.1) is 39.6 Å². The van der Waals surface area contributed by atoms with Crippen molar-refractivity contribution >= 4 is 33.7 Å². The van der Waals surface area contributed by atoms with Gasteiger partial charge in [0, 0.05) is 24.0 Å². The Labute approximate surface area is 259 Å².